The molecule has 4 heteroatoms. The van der Waals surface area contributed by atoms with Crippen molar-refractivity contribution in [2.24, 2.45) is 15.9 Å². The van der Waals surface area contributed by atoms with E-state index in [-0.39, 0.29) is 5.82 Å². The number of hydrogen-bond donors (Lipinski definition) is 1. The van der Waals surface area contributed by atoms with E-state index in [0.717, 1.165) is 54.2 Å². The Kier molecular flexibility index (Phi) is 6.51. The summed E-state index contributed by atoms with van der Waals surface area (Å²) >= 11 is 0. The number of aryl methyl sites for hydroxylation is 1. The van der Waals surface area contributed by atoms with Gasteiger partial charge >= 0.3 is 0 Å². The number of aliphatic imine (C=N–C) groups is 2. The first-order chi connectivity index (χ1) is 13.1. The predicted molar refractivity (Wildman–Crippen MR) is 113 cm³/mol. The molecular weight excluding hydrogens is 337 g/mol. The highest BCUT2D eigenvalue weighted by Gasteiger charge is 2.21. The molecule has 27 heavy (non-hydrogen) atoms. The zero-order chi connectivity index (χ0) is 19.2. The second-order valence-corrected chi connectivity index (χ2v) is 7.33. The molecule has 2 heterocycles. The summed E-state index contributed by atoms with van der Waals surface area (Å²) in [6.07, 6.45) is 9.86. The first-order valence-electron chi connectivity index (χ1n) is 9.68. The maximum Gasteiger partial charge on any atom is 0.123 e. The van der Waals surface area contributed by atoms with Gasteiger partial charge in [0.2, 0.25) is 0 Å². The fourth-order valence-electron chi connectivity index (χ4n) is 3.74. The van der Waals surface area contributed by atoms with E-state index in [9.17, 15) is 4.39 Å². The van der Waals surface area contributed by atoms with E-state index in [1.54, 1.807) is 12.3 Å². The fourth-order valence-corrected chi connectivity index (χ4v) is 3.74. The van der Waals surface area contributed by atoms with Crippen LogP contribution < -0.4 is 5.32 Å². The van der Waals surface area contributed by atoms with Crippen molar-refractivity contribution in [3.63, 3.8) is 0 Å². The van der Waals surface area contributed by atoms with Gasteiger partial charge in [0.1, 0.15) is 5.82 Å². The lowest BCUT2D eigenvalue weighted by molar-refractivity contribution is 0.384. The van der Waals surface area contributed by atoms with Gasteiger partial charge in [0.15, 0.2) is 0 Å². The second-order valence-electron chi connectivity index (χ2n) is 7.33. The Morgan fingerprint density at radius 3 is 2.89 bits per heavy atom. The van der Waals surface area contributed by atoms with Crippen LogP contribution in [0.25, 0.3) is 5.70 Å². The topological polar surface area (TPSA) is 36.8 Å². The number of benzene rings is 1. The van der Waals surface area contributed by atoms with Gasteiger partial charge in [0, 0.05) is 23.2 Å². The number of nitrogens with zero attached hydrogens (tertiary/aromatic N) is 2. The average Bonchev–Trinajstić information content (AvgIpc) is 2.66. The molecule has 0 atom stereocenters. The third-order valence-corrected chi connectivity index (χ3v) is 5.24. The number of hydrogen-bond acceptors (Lipinski definition) is 3. The number of piperidine rings is 1. The molecule has 0 aliphatic carbocycles. The van der Waals surface area contributed by atoms with Crippen LogP contribution >= 0.6 is 0 Å². The Bertz CT molecular complexity index is 824. The minimum Gasteiger partial charge on any atom is -0.317 e. The zero-order valence-electron chi connectivity index (χ0n) is 16.3. The number of nitrogens with one attached hydrogen (secondary N) is 1. The molecule has 142 valence electrons. The quantitative estimate of drug-likeness (QED) is 0.712. The molecule has 0 bridgehead atoms. The van der Waals surface area contributed by atoms with E-state index in [2.05, 4.69) is 29.0 Å². The van der Waals surface area contributed by atoms with Gasteiger partial charge in [0.25, 0.3) is 0 Å². The summed E-state index contributed by atoms with van der Waals surface area (Å²) < 4.78 is 13.8. The van der Waals surface area contributed by atoms with Crippen LogP contribution in [0.15, 0.2) is 58.7 Å². The Labute approximate surface area is 161 Å². The van der Waals surface area contributed by atoms with Crippen LogP contribution in [0.4, 0.5) is 4.39 Å². The van der Waals surface area contributed by atoms with Crippen molar-refractivity contribution in [1.82, 2.24) is 5.32 Å². The van der Waals surface area contributed by atoms with Gasteiger partial charge in [-0.1, -0.05) is 18.7 Å². The third-order valence-electron chi connectivity index (χ3n) is 5.24. The van der Waals surface area contributed by atoms with Crippen molar-refractivity contribution in [3.8, 4) is 0 Å². The molecular formula is C23H28FN3. The summed E-state index contributed by atoms with van der Waals surface area (Å²) in [7, 11) is 0. The summed E-state index contributed by atoms with van der Waals surface area (Å²) in [5, 5.41) is 3.42. The summed E-state index contributed by atoms with van der Waals surface area (Å²) in [5.74, 6) is 0.417. The van der Waals surface area contributed by atoms with Crippen LogP contribution in [0.3, 0.4) is 0 Å². The highest BCUT2D eigenvalue weighted by atomic mass is 19.1. The smallest absolute Gasteiger partial charge is 0.123 e. The van der Waals surface area contributed by atoms with Crippen molar-refractivity contribution in [1.29, 1.82) is 0 Å². The molecule has 1 saturated heterocycles. The summed E-state index contributed by atoms with van der Waals surface area (Å²) in [5.41, 5.74) is 6.05. The highest BCUT2D eigenvalue weighted by molar-refractivity contribution is 6.10. The van der Waals surface area contributed by atoms with Crippen molar-refractivity contribution >= 4 is 17.1 Å². The average molecular weight is 365 g/mol. The predicted octanol–water partition coefficient (Wildman–Crippen LogP) is 5.24. The lowest BCUT2D eigenvalue weighted by Crippen LogP contribution is -2.29. The van der Waals surface area contributed by atoms with Crippen molar-refractivity contribution in [2.45, 2.75) is 39.5 Å². The molecule has 2 aliphatic heterocycles. The van der Waals surface area contributed by atoms with E-state index in [0.29, 0.717) is 5.92 Å². The van der Waals surface area contributed by atoms with Gasteiger partial charge in [-0.3, -0.25) is 9.98 Å². The van der Waals surface area contributed by atoms with Gasteiger partial charge < -0.3 is 5.32 Å². The molecule has 0 saturated carbocycles. The lowest BCUT2D eigenvalue weighted by atomic mass is 9.87. The Morgan fingerprint density at radius 2 is 2.15 bits per heavy atom. The second kappa shape index (κ2) is 9.05. The summed E-state index contributed by atoms with van der Waals surface area (Å²) in [4.78, 5) is 9.26. The van der Waals surface area contributed by atoms with Crippen LogP contribution in [-0.4, -0.2) is 24.5 Å². The molecule has 1 aromatic rings. The Balaban J connectivity index is 1.94. The fraction of sp³-hybridized carbons (Fsp3) is 0.391. The van der Waals surface area contributed by atoms with Gasteiger partial charge in [-0.25, -0.2) is 4.39 Å². The van der Waals surface area contributed by atoms with Gasteiger partial charge in [0.05, 0.1) is 5.70 Å². The minimum atomic E-state index is -0.220. The SMILES string of the molecule is C=CN=C(C)/C=C1\CC=C(c2cc(F)ccc2C)N=C1CC1CCNCC1. The maximum atomic E-state index is 13.8. The minimum absolute atomic E-state index is 0.220. The van der Waals surface area contributed by atoms with Crippen LogP contribution in [0, 0.1) is 18.7 Å². The van der Waals surface area contributed by atoms with Crippen molar-refractivity contribution in [2.75, 3.05) is 13.1 Å². The Morgan fingerprint density at radius 1 is 1.37 bits per heavy atom. The molecule has 1 fully saturated rings. The van der Waals surface area contributed by atoms with E-state index in [1.807, 2.05) is 19.9 Å². The van der Waals surface area contributed by atoms with E-state index in [1.165, 1.54) is 24.5 Å². The van der Waals surface area contributed by atoms with Crippen molar-refractivity contribution < 1.29 is 4.39 Å². The van der Waals surface area contributed by atoms with Crippen LogP contribution in [0.1, 0.15) is 43.7 Å². The third kappa shape index (κ3) is 5.10. The molecule has 2 aliphatic rings. The normalized spacial score (nSPS) is 20.4. The molecule has 3 nitrogen and oxygen atoms in total. The number of allylic oxidation sites excluding steroid dienone is 3. The largest absolute Gasteiger partial charge is 0.317 e. The standard InChI is InChI=1S/C23H28FN3/c1-4-26-17(3)13-19-6-8-22(21-15-20(24)7-5-16(21)2)27-23(19)14-18-9-11-25-12-10-18/h4-5,7-8,13,15,18,25H,1,6,9-12,14H2,2-3H3/b19-13+,26-17?. The molecule has 1 aromatic carbocycles. The number of halogens is 1. The van der Waals surface area contributed by atoms with Crippen LogP contribution in [-0.2, 0) is 0 Å². The molecule has 0 radical (unpaired) electrons. The highest BCUT2D eigenvalue weighted by Crippen LogP contribution is 2.30. The summed E-state index contributed by atoms with van der Waals surface area (Å²) in [6, 6.07) is 4.91. The molecule has 0 unspecified atom stereocenters. The van der Waals surface area contributed by atoms with E-state index in [4.69, 9.17) is 4.99 Å². The molecule has 0 spiro atoms. The van der Waals surface area contributed by atoms with Crippen LogP contribution in [0.5, 0.6) is 0 Å². The van der Waals surface area contributed by atoms with Gasteiger partial charge in [-0.05, 0) is 87.9 Å². The van der Waals surface area contributed by atoms with Crippen LogP contribution in [0.2, 0.25) is 0 Å². The molecule has 1 N–H and O–H groups in total. The van der Waals surface area contributed by atoms with Gasteiger partial charge in [-0.2, -0.15) is 0 Å². The molecule has 3 rings (SSSR count). The molecule has 0 amide bonds. The first kappa shape index (κ1) is 19.4. The lowest BCUT2D eigenvalue weighted by Gasteiger charge is -2.25. The molecule has 0 aromatic heterocycles. The number of rotatable bonds is 5. The van der Waals surface area contributed by atoms with E-state index < -0.39 is 0 Å². The first-order valence-corrected chi connectivity index (χ1v) is 9.68. The van der Waals surface area contributed by atoms with Crippen molar-refractivity contribution in [3.05, 3.63) is 65.6 Å². The van der Waals surface area contributed by atoms with Gasteiger partial charge in [-0.15, -0.1) is 0 Å². The summed E-state index contributed by atoms with van der Waals surface area (Å²) in [6.45, 7) is 9.80. The monoisotopic (exact) mass is 365 g/mol. The maximum absolute atomic E-state index is 13.8. The zero-order valence-corrected chi connectivity index (χ0v) is 16.3. The Hall–Kier alpha value is -2.33. The van der Waals surface area contributed by atoms with E-state index >= 15 is 0 Å².